The van der Waals surface area contributed by atoms with Crippen molar-refractivity contribution in [3.8, 4) is 0 Å². The molecule has 1 heterocycles. The van der Waals surface area contributed by atoms with Crippen molar-refractivity contribution in [1.29, 1.82) is 0 Å². The van der Waals surface area contributed by atoms with Gasteiger partial charge in [-0.15, -0.1) is 10.2 Å². The molecule has 1 saturated carbocycles. The Bertz CT molecular complexity index is 784. The number of halogens is 1. The largest absolute Gasteiger partial charge is 0.421 e. The Labute approximate surface area is 146 Å². The minimum Gasteiger partial charge on any atom is -0.421 e. The molecule has 2 atom stereocenters. The van der Waals surface area contributed by atoms with Gasteiger partial charge in [-0.3, -0.25) is 4.79 Å². The minimum absolute atomic E-state index is 0.0134. The number of nitrogens with one attached hydrogen (secondary N) is 1. The van der Waals surface area contributed by atoms with Crippen LogP contribution in [0, 0.1) is 11.7 Å². The van der Waals surface area contributed by atoms with E-state index in [0.29, 0.717) is 29.7 Å². The van der Waals surface area contributed by atoms with Gasteiger partial charge in [0.25, 0.3) is 0 Å². The van der Waals surface area contributed by atoms with Gasteiger partial charge in [-0.1, -0.05) is 18.2 Å². The van der Waals surface area contributed by atoms with E-state index in [0.717, 1.165) is 24.8 Å². The minimum atomic E-state index is -0.272. The lowest BCUT2D eigenvalue weighted by molar-refractivity contribution is -0.119. The molecule has 0 bridgehead atoms. The molecule has 5 nitrogen and oxygen atoms in total. The average Bonchev–Trinajstić information content (AvgIpc) is 3.17. The molecule has 0 unspecified atom stereocenters. The molecule has 0 spiro atoms. The van der Waals surface area contributed by atoms with Crippen LogP contribution < -0.4 is 5.32 Å². The van der Waals surface area contributed by atoms with E-state index in [9.17, 15) is 9.18 Å². The van der Waals surface area contributed by atoms with Gasteiger partial charge in [0.1, 0.15) is 5.82 Å². The van der Waals surface area contributed by atoms with E-state index < -0.39 is 0 Å². The molecule has 1 aromatic heterocycles. The summed E-state index contributed by atoms with van der Waals surface area (Å²) >= 11 is 0. The fourth-order valence-corrected chi connectivity index (χ4v) is 3.38. The van der Waals surface area contributed by atoms with E-state index >= 15 is 0 Å². The summed E-state index contributed by atoms with van der Waals surface area (Å²) in [6, 6.07) is 6.84. The van der Waals surface area contributed by atoms with E-state index in [1.807, 2.05) is 6.92 Å². The summed E-state index contributed by atoms with van der Waals surface area (Å²) in [5.74, 6) is 1.14. The van der Waals surface area contributed by atoms with Gasteiger partial charge in [-0.05, 0) is 43.7 Å². The van der Waals surface area contributed by atoms with Crippen molar-refractivity contribution in [1.82, 2.24) is 15.5 Å². The predicted octanol–water partition coefficient (Wildman–Crippen LogP) is 3.62. The zero-order valence-electron chi connectivity index (χ0n) is 14.5. The van der Waals surface area contributed by atoms with Crippen LogP contribution in [0.1, 0.15) is 50.5 Å². The van der Waals surface area contributed by atoms with Crippen LogP contribution in [0.25, 0.3) is 11.6 Å². The van der Waals surface area contributed by atoms with Gasteiger partial charge in [0.2, 0.25) is 17.7 Å². The molecule has 3 rings (SSSR count). The van der Waals surface area contributed by atoms with E-state index in [-0.39, 0.29) is 17.8 Å². The molecule has 1 aliphatic carbocycles. The zero-order chi connectivity index (χ0) is 17.8. The van der Waals surface area contributed by atoms with E-state index in [4.69, 9.17) is 4.42 Å². The van der Waals surface area contributed by atoms with Crippen LogP contribution in [0.4, 0.5) is 4.39 Å². The monoisotopic (exact) mass is 343 g/mol. The van der Waals surface area contributed by atoms with Crippen molar-refractivity contribution >= 4 is 17.6 Å². The SMILES string of the molecule is CC(=O)N[C@H]1CC[C@@H](Cc2nnc(/C=C(\C)c3ccccc3F)o2)C1. The van der Waals surface area contributed by atoms with Crippen molar-refractivity contribution < 1.29 is 13.6 Å². The van der Waals surface area contributed by atoms with Crippen molar-refractivity contribution in [3.05, 3.63) is 47.4 Å². The lowest BCUT2D eigenvalue weighted by atomic mass is 10.0. The Morgan fingerprint density at radius 2 is 2.12 bits per heavy atom. The van der Waals surface area contributed by atoms with Gasteiger partial charge < -0.3 is 9.73 Å². The molecule has 0 saturated heterocycles. The topological polar surface area (TPSA) is 68.0 Å². The highest BCUT2D eigenvalue weighted by molar-refractivity contribution is 5.78. The summed E-state index contributed by atoms with van der Waals surface area (Å²) in [4.78, 5) is 11.1. The van der Waals surface area contributed by atoms with Gasteiger partial charge in [-0.25, -0.2) is 4.39 Å². The average molecular weight is 343 g/mol. The van der Waals surface area contributed by atoms with Gasteiger partial charge in [0.05, 0.1) is 0 Å². The maximum atomic E-state index is 13.8. The number of hydrogen-bond acceptors (Lipinski definition) is 4. The first-order valence-corrected chi connectivity index (χ1v) is 8.54. The van der Waals surface area contributed by atoms with Crippen molar-refractivity contribution in [2.75, 3.05) is 0 Å². The number of allylic oxidation sites excluding steroid dienone is 1. The Morgan fingerprint density at radius 1 is 1.32 bits per heavy atom. The van der Waals surface area contributed by atoms with Crippen LogP contribution in [0.5, 0.6) is 0 Å². The maximum Gasteiger partial charge on any atom is 0.240 e. The second-order valence-corrected chi connectivity index (χ2v) is 6.62. The molecular weight excluding hydrogens is 321 g/mol. The highest BCUT2D eigenvalue weighted by atomic mass is 19.1. The third kappa shape index (κ3) is 4.53. The van der Waals surface area contributed by atoms with Crippen molar-refractivity contribution in [2.45, 2.75) is 45.6 Å². The quantitative estimate of drug-likeness (QED) is 0.900. The Hall–Kier alpha value is -2.50. The second kappa shape index (κ2) is 7.59. The van der Waals surface area contributed by atoms with Crippen molar-refractivity contribution in [3.63, 3.8) is 0 Å². The van der Waals surface area contributed by atoms with Crippen LogP contribution in [0.15, 0.2) is 28.7 Å². The number of amides is 1. The summed E-state index contributed by atoms with van der Waals surface area (Å²) in [5, 5.41) is 11.1. The first-order chi connectivity index (χ1) is 12.0. The first-order valence-electron chi connectivity index (χ1n) is 8.54. The molecular formula is C19H22FN3O2. The number of carbonyl (C=O) groups is 1. The first kappa shape index (κ1) is 17.3. The Morgan fingerprint density at radius 3 is 2.88 bits per heavy atom. The van der Waals surface area contributed by atoms with E-state index in [1.165, 1.54) is 6.07 Å². The fraction of sp³-hybridized carbons (Fsp3) is 0.421. The highest BCUT2D eigenvalue weighted by Crippen LogP contribution is 2.28. The van der Waals surface area contributed by atoms with Crippen LogP contribution in [0.2, 0.25) is 0 Å². The Kier molecular flexibility index (Phi) is 5.26. The van der Waals surface area contributed by atoms with Crippen LogP contribution in [-0.2, 0) is 11.2 Å². The molecule has 0 aliphatic heterocycles. The molecule has 25 heavy (non-hydrogen) atoms. The fourth-order valence-electron chi connectivity index (χ4n) is 3.38. The summed E-state index contributed by atoms with van der Waals surface area (Å²) in [7, 11) is 0. The third-order valence-corrected chi connectivity index (χ3v) is 4.53. The molecule has 1 N–H and O–H groups in total. The van der Waals surface area contributed by atoms with Gasteiger partial charge in [0.15, 0.2) is 0 Å². The van der Waals surface area contributed by atoms with Gasteiger partial charge in [-0.2, -0.15) is 0 Å². The van der Waals surface area contributed by atoms with Crippen LogP contribution in [-0.4, -0.2) is 22.1 Å². The van der Waals surface area contributed by atoms with Crippen LogP contribution >= 0.6 is 0 Å². The number of carbonyl (C=O) groups excluding carboxylic acids is 1. The normalized spacial score (nSPS) is 20.7. The van der Waals surface area contributed by atoms with E-state index in [1.54, 1.807) is 31.2 Å². The molecule has 2 aromatic rings. The van der Waals surface area contributed by atoms with Crippen LogP contribution in [0.3, 0.4) is 0 Å². The number of hydrogen-bond donors (Lipinski definition) is 1. The lowest BCUT2D eigenvalue weighted by Crippen LogP contribution is -2.30. The smallest absolute Gasteiger partial charge is 0.240 e. The molecule has 132 valence electrons. The summed E-state index contributed by atoms with van der Waals surface area (Å²) in [6.07, 6.45) is 5.35. The summed E-state index contributed by atoms with van der Waals surface area (Å²) in [5.41, 5.74) is 1.26. The standard InChI is InChI=1S/C19H22FN3O2/c1-12(16-5-3-4-6-17(16)20)9-18-22-23-19(25-18)11-14-7-8-15(10-14)21-13(2)24/h3-6,9,14-15H,7-8,10-11H2,1-2H3,(H,21,24)/b12-9+/t14-,15+/m1/s1. The van der Waals surface area contributed by atoms with Gasteiger partial charge >= 0.3 is 0 Å². The molecule has 1 aliphatic rings. The second-order valence-electron chi connectivity index (χ2n) is 6.62. The number of rotatable bonds is 5. The maximum absolute atomic E-state index is 13.8. The predicted molar refractivity (Wildman–Crippen MR) is 92.9 cm³/mol. The number of aromatic nitrogens is 2. The molecule has 0 radical (unpaired) electrons. The van der Waals surface area contributed by atoms with Gasteiger partial charge in [0, 0.05) is 31.0 Å². The molecule has 1 amide bonds. The zero-order valence-corrected chi connectivity index (χ0v) is 14.5. The molecule has 6 heteroatoms. The summed E-state index contributed by atoms with van der Waals surface area (Å²) in [6.45, 7) is 3.36. The third-order valence-electron chi connectivity index (χ3n) is 4.53. The Balaban J connectivity index is 1.62. The molecule has 1 fully saturated rings. The summed E-state index contributed by atoms with van der Waals surface area (Å²) < 4.78 is 19.5. The van der Waals surface area contributed by atoms with E-state index in [2.05, 4.69) is 15.5 Å². The number of nitrogens with zero attached hydrogens (tertiary/aromatic N) is 2. The lowest BCUT2D eigenvalue weighted by Gasteiger charge is -2.10. The van der Waals surface area contributed by atoms with Crippen molar-refractivity contribution in [2.24, 2.45) is 5.92 Å². The highest BCUT2D eigenvalue weighted by Gasteiger charge is 2.26. The molecule has 1 aromatic carbocycles. The number of benzene rings is 1.